The molecule has 3 aromatic rings. The van der Waals surface area contributed by atoms with Crippen LogP contribution in [0.3, 0.4) is 0 Å². The van der Waals surface area contributed by atoms with Gasteiger partial charge < -0.3 is 25.3 Å². The number of aromatic amines is 1. The first-order valence-corrected chi connectivity index (χ1v) is 14.8. The van der Waals surface area contributed by atoms with Crippen molar-refractivity contribution in [2.75, 3.05) is 51.3 Å². The molecule has 0 radical (unpaired) electrons. The Balaban J connectivity index is 1.44. The number of aromatic nitrogens is 1. The van der Waals surface area contributed by atoms with Crippen LogP contribution in [0.1, 0.15) is 51.1 Å². The minimum absolute atomic E-state index is 0.156. The first-order chi connectivity index (χ1) is 19.8. The van der Waals surface area contributed by atoms with Gasteiger partial charge in [0.15, 0.2) is 0 Å². The molecule has 3 heterocycles. The molecule has 0 unspecified atom stereocenters. The molecule has 0 aliphatic carbocycles. The summed E-state index contributed by atoms with van der Waals surface area (Å²) in [5.74, 6) is -0.173. The van der Waals surface area contributed by atoms with Gasteiger partial charge in [0.2, 0.25) is 0 Å². The number of benzene rings is 2. The van der Waals surface area contributed by atoms with E-state index in [1.807, 2.05) is 32.9 Å². The minimum Gasteiger partial charge on any atom is -0.379 e. The Morgan fingerprint density at radius 1 is 1.02 bits per heavy atom. The van der Waals surface area contributed by atoms with Crippen molar-refractivity contribution in [2.24, 2.45) is 0 Å². The maximum atomic E-state index is 13.7. The Morgan fingerprint density at radius 2 is 1.73 bits per heavy atom. The number of aryl methyl sites for hydroxylation is 2. The van der Waals surface area contributed by atoms with Gasteiger partial charge in [0.05, 0.1) is 13.2 Å². The van der Waals surface area contributed by atoms with E-state index < -0.39 is 0 Å². The summed E-state index contributed by atoms with van der Waals surface area (Å²) in [5.41, 5.74) is 8.13. The summed E-state index contributed by atoms with van der Waals surface area (Å²) in [7, 11) is 2.14. The Hall–Kier alpha value is -3.46. The number of nitrogens with zero attached hydrogens (tertiary/aromatic N) is 2. The number of H-pyrrole nitrogens is 1. The Labute approximate surface area is 243 Å². The Kier molecular flexibility index (Phi) is 9.22. The molecular weight excluding hydrogens is 514 g/mol. The predicted molar refractivity (Wildman–Crippen MR) is 165 cm³/mol. The van der Waals surface area contributed by atoms with Crippen LogP contribution in [0, 0.1) is 20.8 Å². The number of ether oxygens (including phenoxy) is 1. The number of amides is 1. The largest absolute Gasteiger partial charge is 0.379 e. The minimum atomic E-state index is -0.173. The van der Waals surface area contributed by atoms with Gasteiger partial charge in [-0.1, -0.05) is 24.3 Å². The van der Waals surface area contributed by atoms with Crippen LogP contribution in [-0.4, -0.2) is 68.3 Å². The third-order valence-corrected chi connectivity index (χ3v) is 8.58. The van der Waals surface area contributed by atoms with Crippen LogP contribution in [-0.2, 0) is 17.8 Å². The molecule has 0 saturated carbocycles. The monoisotopic (exact) mass is 557 g/mol. The van der Waals surface area contributed by atoms with E-state index in [-0.39, 0.29) is 18.0 Å². The highest BCUT2D eigenvalue weighted by atomic mass is 16.5. The number of carbonyl (C=O) groups excluding carboxylic acids is 1. The van der Waals surface area contributed by atoms with Crippen LogP contribution in [0.15, 0.2) is 47.3 Å². The molecule has 2 saturated heterocycles. The average molecular weight is 558 g/mol. The van der Waals surface area contributed by atoms with Crippen LogP contribution in [0.4, 0.5) is 5.69 Å². The van der Waals surface area contributed by atoms with Crippen LogP contribution >= 0.6 is 0 Å². The van der Waals surface area contributed by atoms with E-state index in [2.05, 4.69) is 62.8 Å². The van der Waals surface area contributed by atoms with Crippen molar-refractivity contribution < 1.29 is 9.53 Å². The summed E-state index contributed by atoms with van der Waals surface area (Å²) in [6.45, 7) is 12.4. The zero-order valence-corrected chi connectivity index (χ0v) is 24.8. The molecule has 0 spiro atoms. The second kappa shape index (κ2) is 13.0. The van der Waals surface area contributed by atoms with Crippen molar-refractivity contribution in [1.82, 2.24) is 20.5 Å². The highest BCUT2D eigenvalue weighted by Gasteiger charge is 2.23. The fourth-order valence-electron chi connectivity index (χ4n) is 6.04. The fraction of sp³-hybridized carbons (Fsp3) is 0.455. The van der Waals surface area contributed by atoms with Crippen LogP contribution in [0.2, 0.25) is 0 Å². The first kappa shape index (κ1) is 29.0. The third kappa shape index (κ3) is 6.89. The summed E-state index contributed by atoms with van der Waals surface area (Å²) < 4.78 is 5.49. The molecule has 8 nitrogen and oxygen atoms in total. The lowest BCUT2D eigenvalue weighted by Crippen LogP contribution is -2.41. The lowest BCUT2D eigenvalue weighted by molar-refractivity contribution is 0.0342. The average Bonchev–Trinajstić information content (AvgIpc) is 2.97. The predicted octanol–water partition coefficient (Wildman–Crippen LogP) is 3.92. The molecule has 2 aromatic carbocycles. The Morgan fingerprint density at radius 3 is 2.41 bits per heavy atom. The topological polar surface area (TPSA) is 89.7 Å². The van der Waals surface area contributed by atoms with E-state index in [9.17, 15) is 9.59 Å². The smallest absolute Gasteiger partial charge is 0.253 e. The van der Waals surface area contributed by atoms with Crippen molar-refractivity contribution >= 4 is 11.6 Å². The standard InChI is InChI=1S/C33H43N5O3/c1-22-17-23(2)36-33(40)30(22)20-35-32(39)29-18-27(19-31(24(29)3)37(4)28-9-11-34-12-10-28)26-7-5-25(6-8-26)21-38-13-15-41-16-14-38/h5-8,17-19,28,34H,9-16,20-21H2,1-4H3,(H,35,39)(H,36,40). The number of carbonyl (C=O) groups is 1. The van der Waals surface area contributed by atoms with Gasteiger partial charge in [-0.25, -0.2) is 0 Å². The number of nitrogens with one attached hydrogen (secondary N) is 3. The van der Waals surface area contributed by atoms with Crippen LogP contribution in [0.5, 0.6) is 0 Å². The number of morpholine rings is 1. The molecule has 8 heteroatoms. The van der Waals surface area contributed by atoms with Gasteiger partial charge in [0.1, 0.15) is 0 Å². The maximum Gasteiger partial charge on any atom is 0.253 e. The lowest BCUT2D eigenvalue weighted by Gasteiger charge is -2.35. The summed E-state index contributed by atoms with van der Waals surface area (Å²) in [6.07, 6.45) is 2.13. The first-order valence-electron chi connectivity index (χ1n) is 14.8. The molecule has 3 N–H and O–H groups in total. The molecule has 5 rings (SSSR count). The van der Waals surface area contributed by atoms with Gasteiger partial charge in [-0.05, 0) is 92.7 Å². The van der Waals surface area contributed by atoms with Gasteiger partial charge in [0, 0.05) is 61.8 Å². The molecule has 0 atom stereocenters. The van der Waals surface area contributed by atoms with Crippen LogP contribution < -0.4 is 21.1 Å². The number of hydrogen-bond donors (Lipinski definition) is 3. The summed E-state index contributed by atoms with van der Waals surface area (Å²) in [6, 6.07) is 15.2. The fourth-order valence-corrected chi connectivity index (χ4v) is 6.04. The van der Waals surface area contributed by atoms with Gasteiger partial charge in [-0.3, -0.25) is 14.5 Å². The maximum absolute atomic E-state index is 13.7. The number of pyridine rings is 1. The molecule has 2 fully saturated rings. The zero-order chi connectivity index (χ0) is 28.9. The van der Waals surface area contributed by atoms with E-state index in [1.165, 1.54) is 5.56 Å². The van der Waals surface area contributed by atoms with Crippen molar-refractivity contribution in [3.8, 4) is 11.1 Å². The number of anilines is 1. The highest BCUT2D eigenvalue weighted by Crippen LogP contribution is 2.33. The van der Waals surface area contributed by atoms with E-state index in [4.69, 9.17) is 4.74 Å². The van der Waals surface area contributed by atoms with E-state index >= 15 is 0 Å². The molecule has 1 amide bonds. The normalized spacial score (nSPS) is 16.5. The molecule has 2 aliphatic heterocycles. The second-order valence-electron chi connectivity index (χ2n) is 11.5. The summed E-state index contributed by atoms with van der Waals surface area (Å²) in [5, 5.41) is 6.49. The Bertz CT molecular complexity index is 1420. The molecule has 41 heavy (non-hydrogen) atoms. The molecule has 2 aliphatic rings. The van der Waals surface area contributed by atoms with Crippen LogP contribution in [0.25, 0.3) is 11.1 Å². The molecule has 1 aromatic heterocycles. The molecular formula is C33H43N5O3. The number of hydrogen-bond acceptors (Lipinski definition) is 6. The van der Waals surface area contributed by atoms with Crippen molar-refractivity contribution in [3.05, 3.63) is 86.3 Å². The van der Waals surface area contributed by atoms with Gasteiger partial charge in [0.25, 0.3) is 11.5 Å². The number of piperidine rings is 1. The van der Waals surface area contributed by atoms with E-state index in [1.54, 1.807) is 0 Å². The number of rotatable bonds is 8. The van der Waals surface area contributed by atoms with Crippen molar-refractivity contribution in [1.29, 1.82) is 0 Å². The third-order valence-electron chi connectivity index (χ3n) is 8.58. The zero-order valence-electron chi connectivity index (χ0n) is 24.8. The highest BCUT2D eigenvalue weighted by molar-refractivity contribution is 5.99. The molecule has 0 bridgehead atoms. The quantitative estimate of drug-likeness (QED) is 0.389. The van der Waals surface area contributed by atoms with E-state index in [0.29, 0.717) is 17.2 Å². The van der Waals surface area contributed by atoms with Crippen molar-refractivity contribution in [3.63, 3.8) is 0 Å². The molecule has 218 valence electrons. The van der Waals surface area contributed by atoms with Gasteiger partial charge in [-0.15, -0.1) is 0 Å². The summed E-state index contributed by atoms with van der Waals surface area (Å²) >= 11 is 0. The summed E-state index contributed by atoms with van der Waals surface area (Å²) in [4.78, 5) is 33.8. The SMILES string of the molecule is Cc1cc(C)c(CNC(=O)c2cc(-c3ccc(CN4CCOCC4)cc3)cc(N(C)C3CCNCC3)c2C)c(=O)[nH]1. The van der Waals surface area contributed by atoms with Gasteiger partial charge >= 0.3 is 0 Å². The van der Waals surface area contributed by atoms with Crippen molar-refractivity contribution in [2.45, 2.75) is 52.7 Å². The van der Waals surface area contributed by atoms with Gasteiger partial charge in [-0.2, -0.15) is 0 Å². The van der Waals surface area contributed by atoms with E-state index in [0.717, 1.165) is 92.4 Å². The second-order valence-corrected chi connectivity index (χ2v) is 11.5. The lowest BCUT2D eigenvalue weighted by atomic mass is 9.94.